The van der Waals surface area contributed by atoms with Crippen molar-refractivity contribution >= 4 is 34.7 Å². The number of piperidine rings is 1. The van der Waals surface area contributed by atoms with Gasteiger partial charge in [-0.05, 0) is 63.5 Å². The number of amides is 1. The van der Waals surface area contributed by atoms with Crippen LogP contribution in [-0.4, -0.2) is 76.1 Å². The maximum atomic E-state index is 12.6. The lowest BCUT2D eigenvalue weighted by Gasteiger charge is -2.31. The summed E-state index contributed by atoms with van der Waals surface area (Å²) in [4.78, 5) is 32.9. The van der Waals surface area contributed by atoms with E-state index in [0.29, 0.717) is 48.3 Å². The summed E-state index contributed by atoms with van der Waals surface area (Å²) in [5.74, 6) is 2.52. The zero-order valence-electron chi connectivity index (χ0n) is 25.1. The Balaban J connectivity index is 1.10. The van der Waals surface area contributed by atoms with Crippen LogP contribution >= 0.6 is 0 Å². The summed E-state index contributed by atoms with van der Waals surface area (Å²) in [6.07, 6.45) is 11.7. The molecule has 0 bridgehead atoms. The van der Waals surface area contributed by atoms with Gasteiger partial charge in [-0.15, -0.1) is 5.06 Å². The Kier molecular flexibility index (Phi) is 8.98. The number of anilines is 3. The summed E-state index contributed by atoms with van der Waals surface area (Å²) in [7, 11) is 3.12. The summed E-state index contributed by atoms with van der Waals surface area (Å²) in [6.45, 7) is 1.17. The van der Waals surface area contributed by atoms with Crippen LogP contribution in [0.2, 0.25) is 0 Å². The van der Waals surface area contributed by atoms with Gasteiger partial charge in [-0.25, -0.2) is 9.78 Å². The van der Waals surface area contributed by atoms with Crippen molar-refractivity contribution in [3.05, 3.63) is 24.5 Å². The van der Waals surface area contributed by atoms with Crippen LogP contribution in [-0.2, 0) is 4.84 Å². The predicted octanol–water partition coefficient (Wildman–Crippen LogP) is 4.68. The molecule has 13 heteroatoms. The number of nitrogens with two attached hydrogens (primary N) is 1. The summed E-state index contributed by atoms with van der Waals surface area (Å²) in [5, 5.41) is 11.7. The second-order valence-corrected chi connectivity index (χ2v) is 11.8. The molecule has 6 rings (SSSR count). The van der Waals surface area contributed by atoms with E-state index in [2.05, 4.69) is 20.5 Å². The summed E-state index contributed by atoms with van der Waals surface area (Å²) in [5.41, 5.74) is 8.33. The minimum absolute atomic E-state index is 0.153. The molecule has 3 fully saturated rings. The number of hydroxylamine groups is 2. The molecule has 5 N–H and O–H groups in total. The smallest absolute Gasteiger partial charge is 0.430 e. The first-order valence-electron chi connectivity index (χ1n) is 15.5. The van der Waals surface area contributed by atoms with E-state index in [-0.39, 0.29) is 12.1 Å². The summed E-state index contributed by atoms with van der Waals surface area (Å²) >= 11 is 0. The number of nitrogens with one attached hydrogen (secondary N) is 3. The molecule has 3 heterocycles. The number of hydrogen-bond donors (Lipinski definition) is 4. The molecule has 0 radical (unpaired) electrons. The summed E-state index contributed by atoms with van der Waals surface area (Å²) in [6, 6.07) is 6.36. The van der Waals surface area contributed by atoms with Crippen LogP contribution in [0.25, 0.3) is 11.2 Å². The highest BCUT2D eigenvalue weighted by atomic mass is 16.7. The van der Waals surface area contributed by atoms with E-state index in [0.717, 1.165) is 68.3 Å². The quantitative estimate of drug-likeness (QED) is 0.273. The maximum Gasteiger partial charge on any atom is 0.430 e. The van der Waals surface area contributed by atoms with Gasteiger partial charge < -0.3 is 35.2 Å². The summed E-state index contributed by atoms with van der Waals surface area (Å²) < 4.78 is 12.8. The number of ether oxygens (including phenoxy) is 2. The number of methoxy groups -OCH3 is 2. The van der Waals surface area contributed by atoms with Crippen molar-refractivity contribution < 1.29 is 19.1 Å². The minimum atomic E-state index is -0.566. The molecule has 13 nitrogen and oxygen atoms in total. The van der Waals surface area contributed by atoms with Gasteiger partial charge in [0.2, 0.25) is 5.95 Å². The van der Waals surface area contributed by atoms with Gasteiger partial charge in [0, 0.05) is 43.3 Å². The monoisotopic (exact) mass is 593 g/mol. The fraction of sp³-hybridized carbons (Fsp3) is 0.600. The number of carbonyl (C=O) groups is 1. The highest BCUT2D eigenvalue weighted by Gasteiger charge is 2.27. The van der Waals surface area contributed by atoms with Crippen molar-refractivity contribution in [1.82, 2.24) is 24.6 Å². The van der Waals surface area contributed by atoms with Gasteiger partial charge in [-0.3, -0.25) is 5.32 Å². The van der Waals surface area contributed by atoms with E-state index in [4.69, 9.17) is 35.0 Å². The number of hydrogen-bond acceptors (Lipinski definition) is 11. The molecule has 1 aliphatic heterocycles. The molecule has 2 aliphatic carbocycles. The van der Waals surface area contributed by atoms with Crippen molar-refractivity contribution in [3.8, 4) is 11.5 Å². The van der Waals surface area contributed by atoms with E-state index >= 15 is 0 Å². The van der Waals surface area contributed by atoms with Gasteiger partial charge in [0.05, 0.1) is 26.2 Å². The first-order valence-corrected chi connectivity index (χ1v) is 15.5. The molecule has 43 heavy (non-hydrogen) atoms. The van der Waals surface area contributed by atoms with E-state index in [1.54, 1.807) is 37.5 Å². The van der Waals surface area contributed by atoms with Crippen molar-refractivity contribution in [2.75, 3.05) is 43.3 Å². The van der Waals surface area contributed by atoms with Gasteiger partial charge in [0.1, 0.15) is 11.5 Å². The molecule has 1 amide bonds. The van der Waals surface area contributed by atoms with Crippen LogP contribution in [0.5, 0.6) is 11.5 Å². The van der Waals surface area contributed by atoms with Crippen molar-refractivity contribution in [1.29, 1.82) is 0 Å². The molecule has 1 saturated heterocycles. The standard InChI is InChI=1S/C30H43N9O4/c1-41-23-11-12-24(25(17-23)42-2)35-30(40)43-38-15-13-21(14-16-38)33-27-26-28(39(18-32-26)22-5-3-4-6-22)37-29(36-27)34-20-9-7-19(31)8-10-20/h11-12,17-22H,3-10,13-16,31H2,1-2H3,(H,35,40)(H2,33,34,36,37). The Bertz CT molecular complexity index is 1390. The second-order valence-electron chi connectivity index (χ2n) is 11.8. The zero-order valence-corrected chi connectivity index (χ0v) is 25.1. The van der Waals surface area contributed by atoms with E-state index in [1.165, 1.54) is 12.8 Å². The van der Waals surface area contributed by atoms with Crippen LogP contribution in [0.4, 0.5) is 22.2 Å². The number of aromatic nitrogens is 4. The Morgan fingerprint density at radius 2 is 1.67 bits per heavy atom. The molecule has 0 atom stereocenters. The lowest BCUT2D eigenvalue weighted by atomic mass is 9.92. The highest BCUT2D eigenvalue weighted by molar-refractivity contribution is 5.87. The van der Waals surface area contributed by atoms with Crippen molar-refractivity contribution in [3.63, 3.8) is 0 Å². The Morgan fingerprint density at radius 3 is 2.40 bits per heavy atom. The number of imidazole rings is 1. The Morgan fingerprint density at radius 1 is 0.930 bits per heavy atom. The topological polar surface area (TPSA) is 154 Å². The van der Waals surface area contributed by atoms with Crippen LogP contribution in [0.15, 0.2) is 24.5 Å². The molecule has 2 saturated carbocycles. The van der Waals surface area contributed by atoms with Gasteiger partial charge in [0.15, 0.2) is 17.0 Å². The molecular formula is C30H43N9O4. The third-order valence-corrected chi connectivity index (χ3v) is 8.90. The van der Waals surface area contributed by atoms with Crippen molar-refractivity contribution in [2.24, 2.45) is 5.73 Å². The van der Waals surface area contributed by atoms with Crippen LogP contribution in [0.3, 0.4) is 0 Å². The molecule has 2 aromatic heterocycles. The molecule has 3 aromatic rings. The minimum Gasteiger partial charge on any atom is -0.497 e. The molecule has 3 aliphatic rings. The highest BCUT2D eigenvalue weighted by Crippen LogP contribution is 2.34. The van der Waals surface area contributed by atoms with Gasteiger partial charge in [0.25, 0.3) is 0 Å². The number of rotatable bonds is 9. The predicted molar refractivity (Wildman–Crippen MR) is 165 cm³/mol. The molecule has 232 valence electrons. The molecule has 1 aromatic carbocycles. The normalized spacial score (nSPS) is 21.9. The van der Waals surface area contributed by atoms with Crippen LogP contribution in [0, 0.1) is 0 Å². The fourth-order valence-electron chi connectivity index (χ4n) is 6.41. The number of benzene rings is 1. The van der Waals surface area contributed by atoms with E-state index < -0.39 is 6.09 Å². The first kappa shape index (κ1) is 29.2. The lowest BCUT2D eigenvalue weighted by Crippen LogP contribution is -2.41. The molecular weight excluding hydrogens is 550 g/mol. The maximum absolute atomic E-state index is 12.6. The van der Waals surface area contributed by atoms with Crippen LogP contribution < -0.4 is 31.2 Å². The Hall–Kier alpha value is -3.84. The van der Waals surface area contributed by atoms with Gasteiger partial charge in [-0.1, -0.05) is 12.8 Å². The average molecular weight is 594 g/mol. The third kappa shape index (κ3) is 6.88. The van der Waals surface area contributed by atoms with E-state index in [1.807, 2.05) is 6.33 Å². The first-order chi connectivity index (χ1) is 21.0. The second kappa shape index (κ2) is 13.2. The zero-order chi connectivity index (χ0) is 29.8. The van der Waals surface area contributed by atoms with E-state index in [9.17, 15) is 4.79 Å². The SMILES string of the molecule is COc1ccc(NC(=O)ON2CCC(Nc3nc(NC4CCC(N)CC4)nc4c3ncn4C3CCCC3)CC2)c(OC)c1. The molecule has 0 spiro atoms. The largest absolute Gasteiger partial charge is 0.497 e. The number of carbonyl (C=O) groups excluding carboxylic acids is 1. The third-order valence-electron chi connectivity index (χ3n) is 8.90. The van der Waals surface area contributed by atoms with Gasteiger partial charge >= 0.3 is 6.09 Å². The Labute approximate surface area is 251 Å². The van der Waals surface area contributed by atoms with Gasteiger partial charge in [-0.2, -0.15) is 9.97 Å². The number of fused-ring (bicyclic) bond motifs is 1. The number of nitrogens with zero attached hydrogens (tertiary/aromatic N) is 5. The van der Waals surface area contributed by atoms with Crippen LogP contribution in [0.1, 0.15) is 70.3 Å². The lowest BCUT2D eigenvalue weighted by molar-refractivity contribution is -0.107. The van der Waals surface area contributed by atoms with Crippen molar-refractivity contribution in [2.45, 2.75) is 88.4 Å². The fourth-order valence-corrected chi connectivity index (χ4v) is 6.41. The molecule has 0 unspecified atom stereocenters. The average Bonchev–Trinajstić information content (AvgIpc) is 3.70.